The van der Waals surface area contributed by atoms with Gasteiger partial charge in [-0.25, -0.2) is 13.6 Å². The molecule has 3 unspecified atom stereocenters. The molecule has 0 aliphatic heterocycles. The van der Waals surface area contributed by atoms with Gasteiger partial charge in [0.05, 0.1) is 5.69 Å². The van der Waals surface area contributed by atoms with Crippen molar-refractivity contribution in [3.05, 3.63) is 18.2 Å². The van der Waals surface area contributed by atoms with Gasteiger partial charge in [0.15, 0.2) is 0 Å². The lowest BCUT2D eigenvalue weighted by Gasteiger charge is -2.24. The van der Waals surface area contributed by atoms with Crippen LogP contribution in [0.5, 0.6) is 0 Å². The number of rotatable bonds is 3. The summed E-state index contributed by atoms with van der Waals surface area (Å²) in [5, 5.41) is 8.57. The van der Waals surface area contributed by atoms with E-state index in [1.807, 2.05) is 0 Å². The summed E-state index contributed by atoms with van der Waals surface area (Å²) in [4.78, 5) is -0.00834. The Morgan fingerprint density at radius 3 is 2.53 bits per heavy atom. The molecule has 1 aromatic carbocycles. The number of nitrogen functional groups attached to an aromatic ring is 1. The van der Waals surface area contributed by atoms with Crippen molar-refractivity contribution >= 4 is 21.4 Å². The van der Waals surface area contributed by atoms with Gasteiger partial charge in [0.25, 0.3) is 0 Å². The second-order valence-corrected chi connectivity index (χ2v) is 7.25. The Labute approximate surface area is 113 Å². The van der Waals surface area contributed by atoms with E-state index in [1.54, 1.807) is 12.1 Å². The molecule has 6 heteroatoms. The molecule has 0 spiro atoms. The van der Waals surface area contributed by atoms with Gasteiger partial charge in [-0.1, -0.05) is 6.42 Å². The van der Waals surface area contributed by atoms with Gasteiger partial charge in [0.2, 0.25) is 10.0 Å². The van der Waals surface area contributed by atoms with Crippen LogP contribution in [0.2, 0.25) is 0 Å². The van der Waals surface area contributed by atoms with E-state index in [4.69, 9.17) is 10.9 Å². The van der Waals surface area contributed by atoms with Gasteiger partial charge >= 0.3 is 0 Å². The number of nitrogens with one attached hydrogen (secondary N) is 1. The molecule has 2 fully saturated rings. The largest absolute Gasteiger partial charge is 0.398 e. The summed E-state index contributed by atoms with van der Waals surface area (Å²) in [5.41, 5.74) is 6.84. The number of sulfonamides is 1. The highest BCUT2D eigenvalue weighted by Crippen LogP contribution is 2.45. The SMILES string of the molecule is Nc1cc(NC2CC3CCC2C3)ccc1S(N)(=O)=O. The Balaban J connectivity index is 1.78. The van der Waals surface area contributed by atoms with Gasteiger partial charge in [0, 0.05) is 11.7 Å². The van der Waals surface area contributed by atoms with Gasteiger partial charge < -0.3 is 11.1 Å². The van der Waals surface area contributed by atoms with Crippen LogP contribution in [0.25, 0.3) is 0 Å². The van der Waals surface area contributed by atoms with Crippen LogP contribution in [0.4, 0.5) is 11.4 Å². The van der Waals surface area contributed by atoms with E-state index in [9.17, 15) is 8.42 Å². The molecule has 104 valence electrons. The fraction of sp³-hybridized carbons (Fsp3) is 0.538. The summed E-state index contributed by atoms with van der Waals surface area (Å²) in [6.07, 6.45) is 5.19. The first-order valence-electron chi connectivity index (χ1n) is 6.62. The fourth-order valence-corrected chi connectivity index (χ4v) is 4.18. The number of benzene rings is 1. The number of hydrogen-bond donors (Lipinski definition) is 3. The third-order valence-corrected chi connectivity index (χ3v) is 5.39. The minimum atomic E-state index is -3.74. The summed E-state index contributed by atoms with van der Waals surface area (Å²) in [7, 11) is -3.74. The third kappa shape index (κ3) is 2.42. The van der Waals surface area contributed by atoms with E-state index in [0.29, 0.717) is 6.04 Å². The first-order valence-corrected chi connectivity index (χ1v) is 8.17. The quantitative estimate of drug-likeness (QED) is 0.731. The molecule has 1 aromatic rings. The minimum Gasteiger partial charge on any atom is -0.398 e. The molecule has 19 heavy (non-hydrogen) atoms. The van der Waals surface area contributed by atoms with Crippen LogP contribution < -0.4 is 16.2 Å². The van der Waals surface area contributed by atoms with E-state index in [-0.39, 0.29) is 10.6 Å². The first kappa shape index (κ1) is 12.7. The van der Waals surface area contributed by atoms with Crippen LogP contribution in [0.1, 0.15) is 25.7 Å². The normalized spacial score (nSPS) is 29.6. The Morgan fingerprint density at radius 2 is 2.00 bits per heavy atom. The maximum absolute atomic E-state index is 11.3. The van der Waals surface area contributed by atoms with E-state index in [0.717, 1.165) is 17.5 Å². The van der Waals surface area contributed by atoms with Crippen LogP contribution in [0.3, 0.4) is 0 Å². The third-order valence-electron chi connectivity index (χ3n) is 4.41. The van der Waals surface area contributed by atoms with Gasteiger partial charge in [-0.15, -0.1) is 0 Å². The molecule has 5 N–H and O–H groups in total. The average Bonchev–Trinajstić information content (AvgIpc) is 2.89. The van der Waals surface area contributed by atoms with E-state index in [1.165, 1.54) is 31.7 Å². The van der Waals surface area contributed by atoms with E-state index in [2.05, 4.69) is 5.32 Å². The zero-order valence-electron chi connectivity index (χ0n) is 10.7. The number of hydrogen-bond acceptors (Lipinski definition) is 4. The molecule has 0 radical (unpaired) electrons. The zero-order chi connectivity index (χ0) is 13.6. The monoisotopic (exact) mass is 281 g/mol. The number of primary sulfonamides is 1. The van der Waals surface area contributed by atoms with Gasteiger partial charge in [-0.05, 0) is 49.3 Å². The van der Waals surface area contributed by atoms with Crippen molar-refractivity contribution < 1.29 is 8.42 Å². The lowest BCUT2D eigenvalue weighted by atomic mass is 9.95. The van der Waals surface area contributed by atoms with E-state index >= 15 is 0 Å². The molecular weight excluding hydrogens is 262 g/mol. The number of fused-ring (bicyclic) bond motifs is 2. The van der Waals surface area contributed by atoms with Crippen molar-refractivity contribution in [2.75, 3.05) is 11.1 Å². The topological polar surface area (TPSA) is 98.2 Å². The lowest BCUT2D eigenvalue weighted by Crippen LogP contribution is -2.26. The Bertz CT molecular complexity index is 600. The summed E-state index contributed by atoms with van der Waals surface area (Å²) < 4.78 is 22.6. The molecule has 0 saturated heterocycles. The second kappa shape index (κ2) is 4.38. The minimum absolute atomic E-state index is 0.00834. The van der Waals surface area contributed by atoms with Crippen LogP contribution in [0.15, 0.2) is 23.1 Å². The highest BCUT2D eigenvalue weighted by molar-refractivity contribution is 7.89. The highest BCUT2D eigenvalue weighted by atomic mass is 32.2. The average molecular weight is 281 g/mol. The van der Waals surface area contributed by atoms with Crippen molar-refractivity contribution in [3.8, 4) is 0 Å². The molecule has 0 aromatic heterocycles. The Morgan fingerprint density at radius 1 is 1.21 bits per heavy atom. The fourth-order valence-electron chi connectivity index (χ4n) is 3.53. The van der Waals surface area contributed by atoms with Crippen LogP contribution >= 0.6 is 0 Å². The smallest absolute Gasteiger partial charge is 0.240 e. The maximum atomic E-state index is 11.3. The van der Waals surface area contributed by atoms with Crippen molar-refractivity contribution in [3.63, 3.8) is 0 Å². The van der Waals surface area contributed by atoms with Crippen LogP contribution in [-0.2, 0) is 10.0 Å². The molecule has 3 rings (SSSR count). The molecule has 0 heterocycles. The molecule has 2 saturated carbocycles. The van der Waals surface area contributed by atoms with Crippen molar-refractivity contribution in [2.45, 2.75) is 36.6 Å². The predicted octanol–water partition coefficient (Wildman–Crippen LogP) is 1.52. The van der Waals surface area contributed by atoms with Crippen LogP contribution in [-0.4, -0.2) is 14.5 Å². The Kier molecular flexibility index (Phi) is 2.94. The summed E-state index contributed by atoms with van der Waals surface area (Å²) in [6, 6.07) is 5.37. The van der Waals surface area contributed by atoms with Gasteiger partial charge in [-0.2, -0.15) is 0 Å². The van der Waals surface area contributed by atoms with Crippen molar-refractivity contribution in [2.24, 2.45) is 17.0 Å². The van der Waals surface area contributed by atoms with Crippen molar-refractivity contribution in [1.82, 2.24) is 0 Å². The lowest BCUT2D eigenvalue weighted by molar-refractivity contribution is 0.440. The molecule has 5 nitrogen and oxygen atoms in total. The summed E-state index contributed by atoms with van der Waals surface area (Å²) in [5.74, 6) is 1.62. The highest BCUT2D eigenvalue weighted by Gasteiger charge is 2.39. The molecule has 3 atom stereocenters. The zero-order valence-corrected chi connectivity index (χ0v) is 11.5. The van der Waals surface area contributed by atoms with E-state index < -0.39 is 10.0 Å². The van der Waals surface area contributed by atoms with Gasteiger partial charge in [-0.3, -0.25) is 0 Å². The molecular formula is C13H19N3O2S. The standard InChI is InChI=1S/C13H19N3O2S/c14-11-7-10(3-4-13(11)19(15,17)18)16-12-6-8-1-2-9(12)5-8/h3-4,7-9,12,16H,1-2,5-6,14H2,(H2,15,17,18). The van der Waals surface area contributed by atoms with Crippen LogP contribution in [0, 0.1) is 11.8 Å². The molecule has 0 amide bonds. The second-order valence-electron chi connectivity index (χ2n) is 5.72. The first-order chi connectivity index (χ1) is 8.93. The number of nitrogens with two attached hydrogens (primary N) is 2. The molecule has 2 aliphatic rings. The predicted molar refractivity (Wildman–Crippen MR) is 75.1 cm³/mol. The molecule has 2 bridgehead atoms. The van der Waals surface area contributed by atoms with Crippen molar-refractivity contribution in [1.29, 1.82) is 0 Å². The number of anilines is 2. The summed E-state index contributed by atoms with van der Waals surface area (Å²) in [6.45, 7) is 0. The summed E-state index contributed by atoms with van der Waals surface area (Å²) >= 11 is 0. The Hall–Kier alpha value is -1.27. The maximum Gasteiger partial charge on any atom is 0.240 e. The van der Waals surface area contributed by atoms with Gasteiger partial charge in [0.1, 0.15) is 4.90 Å². The molecule has 2 aliphatic carbocycles.